The van der Waals surface area contributed by atoms with E-state index in [9.17, 15) is 4.79 Å². The predicted octanol–water partition coefficient (Wildman–Crippen LogP) is 2.64. The zero-order chi connectivity index (χ0) is 10.6. The largest absolute Gasteiger partial charge is 0.514 e. The van der Waals surface area contributed by atoms with Crippen molar-refractivity contribution in [3.05, 3.63) is 24.5 Å². The molecule has 2 aliphatic carbocycles. The molecule has 0 amide bonds. The number of rotatable bonds is 1. The summed E-state index contributed by atoms with van der Waals surface area (Å²) in [5.74, 6) is 1.99. The first-order valence-electron chi connectivity index (χ1n) is 5.38. The molecule has 0 spiro atoms. The summed E-state index contributed by atoms with van der Waals surface area (Å²) >= 11 is 0. The van der Waals surface area contributed by atoms with Crippen LogP contribution < -0.4 is 0 Å². The predicted molar refractivity (Wildman–Crippen MR) is 54.0 cm³/mol. The lowest BCUT2D eigenvalue weighted by molar-refractivity contribution is 0.0257. The second-order valence-electron chi connectivity index (χ2n) is 4.87. The van der Waals surface area contributed by atoms with Gasteiger partial charge in [-0.15, -0.1) is 0 Å². The van der Waals surface area contributed by atoms with Gasteiger partial charge in [0.25, 0.3) is 0 Å². The van der Waals surface area contributed by atoms with Crippen molar-refractivity contribution in [3.8, 4) is 0 Å². The van der Waals surface area contributed by atoms with Gasteiger partial charge in [0.2, 0.25) is 0 Å². The Kier molecular flexibility index (Phi) is 1.59. The van der Waals surface area contributed by atoms with E-state index in [-0.39, 0.29) is 0 Å². The van der Waals surface area contributed by atoms with Crippen molar-refractivity contribution >= 4 is 6.16 Å². The van der Waals surface area contributed by atoms with Crippen molar-refractivity contribution in [1.82, 2.24) is 0 Å². The third-order valence-corrected chi connectivity index (χ3v) is 4.04. The van der Waals surface area contributed by atoms with E-state index < -0.39 is 11.8 Å². The van der Waals surface area contributed by atoms with E-state index in [1.165, 1.54) is 6.42 Å². The first kappa shape index (κ1) is 9.01. The zero-order valence-electron chi connectivity index (χ0n) is 8.73. The first-order chi connectivity index (χ1) is 7.09. The Labute approximate surface area is 88.7 Å². The van der Waals surface area contributed by atoms with Gasteiger partial charge in [-0.2, -0.15) is 0 Å². The molecule has 2 bridgehead atoms. The maximum Gasteiger partial charge on any atom is 0.514 e. The SMILES string of the molecule is C=C1OC(=O)O[C@]1(C)[C@@H]1C[C@H]2C=C[C@H]1C2. The van der Waals surface area contributed by atoms with Crippen molar-refractivity contribution in [3.63, 3.8) is 0 Å². The molecule has 3 aliphatic rings. The van der Waals surface area contributed by atoms with Crippen LogP contribution in [0.1, 0.15) is 19.8 Å². The summed E-state index contributed by atoms with van der Waals surface area (Å²) in [6, 6.07) is 0. The average Bonchev–Trinajstić information content (AvgIpc) is 2.82. The molecule has 80 valence electrons. The summed E-state index contributed by atoms with van der Waals surface area (Å²) in [5.41, 5.74) is -0.610. The monoisotopic (exact) mass is 206 g/mol. The molecule has 0 radical (unpaired) electrons. The molecule has 3 rings (SSSR count). The van der Waals surface area contributed by atoms with Gasteiger partial charge in [0.15, 0.2) is 5.60 Å². The van der Waals surface area contributed by atoms with Crippen LogP contribution in [0.2, 0.25) is 0 Å². The van der Waals surface area contributed by atoms with E-state index in [0.29, 0.717) is 23.5 Å². The molecule has 0 aromatic heterocycles. The molecule has 1 aliphatic heterocycles. The molecule has 4 atom stereocenters. The zero-order valence-corrected chi connectivity index (χ0v) is 8.73. The third kappa shape index (κ3) is 1.09. The second kappa shape index (κ2) is 2.65. The van der Waals surface area contributed by atoms with E-state index in [1.807, 2.05) is 6.92 Å². The Morgan fingerprint density at radius 2 is 2.27 bits per heavy atom. The number of allylic oxidation sites excluding steroid dienone is 2. The lowest BCUT2D eigenvalue weighted by atomic mass is 9.78. The van der Waals surface area contributed by atoms with Crippen molar-refractivity contribution in [1.29, 1.82) is 0 Å². The van der Waals surface area contributed by atoms with Crippen molar-refractivity contribution in [2.45, 2.75) is 25.4 Å². The number of hydrogen-bond donors (Lipinski definition) is 0. The summed E-state index contributed by atoms with van der Waals surface area (Å²) in [6.45, 7) is 5.71. The van der Waals surface area contributed by atoms with Gasteiger partial charge < -0.3 is 9.47 Å². The van der Waals surface area contributed by atoms with Gasteiger partial charge in [-0.3, -0.25) is 0 Å². The Balaban J connectivity index is 1.91. The van der Waals surface area contributed by atoms with Crippen molar-refractivity contribution < 1.29 is 14.3 Å². The fourth-order valence-corrected chi connectivity index (χ4v) is 3.15. The standard InChI is InChI=1S/C12H14O3/c1-7-12(2,15-11(13)14-7)10-6-8-3-4-9(10)5-8/h3-4,8-10H,1,5-6H2,2H3/t8-,9-,10+,12-/m0/s1. The Morgan fingerprint density at radius 3 is 2.73 bits per heavy atom. The highest BCUT2D eigenvalue weighted by Gasteiger charge is 2.54. The molecule has 3 heteroatoms. The topological polar surface area (TPSA) is 35.5 Å². The summed E-state index contributed by atoms with van der Waals surface area (Å²) in [7, 11) is 0. The minimum Gasteiger partial charge on any atom is -0.419 e. The van der Waals surface area contributed by atoms with Gasteiger partial charge in [0.1, 0.15) is 5.76 Å². The molecule has 1 saturated heterocycles. The van der Waals surface area contributed by atoms with Crippen LogP contribution in [0.15, 0.2) is 24.5 Å². The smallest absolute Gasteiger partial charge is 0.419 e. The lowest BCUT2D eigenvalue weighted by Gasteiger charge is -2.32. The average molecular weight is 206 g/mol. The molecule has 0 unspecified atom stereocenters. The molecule has 3 nitrogen and oxygen atoms in total. The minimum atomic E-state index is -0.610. The maximum absolute atomic E-state index is 11.1. The van der Waals surface area contributed by atoms with Crippen LogP contribution in [0.3, 0.4) is 0 Å². The number of carbonyl (C=O) groups is 1. The second-order valence-corrected chi connectivity index (χ2v) is 4.87. The van der Waals surface area contributed by atoms with Crippen LogP contribution in [-0.4, -0.2) is 11.8 Å². The van der Waals surface area contributed by atoms with Gasteiger partial charge in [-0.1, -0.05) is 18.7 Å². The number of hydrogen-bond acceptors (Lipinski definition) is 3. The van der Waals surface area contributed by atoms with Crippen molar-refractivity contribution in [2.24, 2.45) is 17.8 Å². The van der Waals surface area contributed by atoms with Crippen LogP contribution in [0.5, 0.6) is 0 Å². The Bertz CT molecular complexity index is 371. The van der Waals surface area contributed by atoms with Gasteiger partial charge in [-0.05, 0) is 31.6 Å². The highest BCUT2D eigenvalue weighted by atomic mass is 16.8. The molecule has 0 aromatic carbocycles. The molecular weight excluding hydrogens is 192 g/mol. The van der Waals surface area contributed by atoms with Gasteiger partial charge >= 0.3 is 6.16 Å². The number of carbonyl (C=O) groups excluding carboxylic acids is 1. The van der Waals surface area contributed by atoms with Crippen molar-refractivity contribution in [2.75, 3.05) is 0 Å². The molecule has 1 saturated carbocycles. The number of ether oxygens (including phenoxy) is 2. The van der Waals surface area contributed by atoms with Crippen LogP contribution in [-0.2, 0) is 9.47 Å². The summed E-state index contributed by atoms with van der Waals surface area (Å²) in [4.78, 5) is 11.1. The lowest BCUT2D eigenvalue weighted by Crippen LogP contribution is -2.38. The van der Waals surface area contributed by atoms with Crippen LogP contribution in [0.25, 0.3) is 0 Å². The van der Waals surface area contributed by atoms with Gasteiger partial charge in [-0.25, -0.2) is 4.79 Å². The molecule has 0 N–H and O–H groups in total. The Morgan fingerprint density at radius 1 is 1.47 bits per heavy atom. The van der Waals surface area contributed by atoms with Crippen LogP contribution in [0.4, 0.5) is 4.79 Å². The van der Waals surface area contributed by atoms with Gasteiger partial charge in [0, 0.05) is 5.92 Å². The minimum absolute atomic E-state index is 0.339. The molecule has 1 heterocycles. The van der Waals surface area contributed by atoms with Crippen LogP contribution in [0, 0.1) is 17.8 Å². The van der Waals surface area contributed by atoms with Gasteiger partial charge in [0.05, 0.1) is 0 Å². The fourth-order valence-electron chi connectivity index (χ4n) is 3.15. The highest BCUT2D eigenvalue weighted by Crippen LogP contribution is 2.52. The normalized spacial score (nSPS) is 47.1. The number of cyclic esters (lactones) is 2. The third-order valence-electron chi connectivity index (χ3n) is 4.04. The van der Waals surface area contributed by atoms with E-state index >= 15 is 0 Å². The highest BCUT2D eigenvalue weighted by molar-refractivity contribution is 5.66. The van der Waals surface area contributed by atoms with Crippen LogP contribution >= 0.6 is 0 Å². The quantitative estimate of drug-likeness (QED) is 0.488. The van der Waals surface area contributed by atoms with E-state index in [2.05, 4.69) is 18.7 Å². The summed E-state index contributed by atoms with van der Waals surface area (Å²) in [6.07, 6.45) is 6.17. The van der Waals surface area contributed by atoms with E-state index in [0.717, 1.165) is 6.42 Å². The summed E-state index contributed by atoms with van der Waals surface area (Å²) in [5, 5.41) is 0. The van der Waals surface area contributed by atoms with E-state index in [4.69, 9.17) is 9.47 Å². The van der Waals surface area contributed by atoms with E-state index in [1.54, 1.807) is 0 Å². The first-order valence-corrected chi connectivity index (χ1v) is 5.38. The molecule has 0 aromatic rings. The summed E-state index contributed by atoms with van der Waals surface area (Å²) < 4.78 is 10.2. The molecule has 15 heavy (non-hydrogen) atoms. The molecular formula is C12H14O3. The Hall–Kier alpha value is -1.25. The number of fused-ring (bicyclic) bond motifs is 2. The maximum atomic E-state index is 11.1. The fraction of sp³-hybridized carbons (Fsp3) is 0.583. The molecule has 2 fully saturated rings.